The number of ether oxygens (including phenoxy) is 1. The number of anilines is 2. The van der Waals surface area contributed by atoms with Crippen LogP contribution in [0.2, 0.25) is 0 Å². The highest BCUT2D eigenvalue weighted by Crippen LogP contribution is 2.33. The van der Waals surface area contributed by atoms with Crippen molar-refractivity contribution >= 4 is 31.4 Å². The highest BCUT2D eigenvalue weighted by Gasteiger charge is 2.27. The van der Waals surface area contributed by atoms with E-state index in [1.807, 2.05) is 0 Å². The molecule has 0 aromatic heterocycles. The van der Waals surface area contributed by atoms with Gasteiger partial charge in [-0.25, -0.2) is 16.8 Å². The summed E-state index contributed by atoms with van der Waals surface area (Å²) in [5.74, 6) is 0.275. The zero-order valence-electron chi connectivity index (χ0n) is 15.2. The first kappa shape index (κ1) is 19.5. The molecule has 0 atom stereocenters. The molecule has 2 aromatic rings. The smallest absolute Gasteiger partial charge is 0.265 e. The third-order valence-electron chi connectivity index (χ3n) is 4.47. The minimum Gasteiger partial charge on any atom is -0.495 e. The van der Waals surface area contributed by atoms with Gasteiger partial charge >= 0.3 is 0 Å². The number of aryl methyl sites for hydroxylation is 1. The highest BCUT2D eigenvalue weighted by molar-refractivity contribution is 7.93. The van der Waals surface area contributed by atoms with Gasteiger partial charge in [-0.3, -0.25) is 9.03 Å². The molecular weight excluding hydrogens is 388 g/mol. The molecule has 1 aliphatic rings. The van der Waals surface area contributed by atoms with Crippen molar-refractivity contribution < 1.29 is 21.6 Å². The van der Waals surface area contributed by atoms with Crippen molar-refractivity contribution in [1.29, 1.82) is 0 Å². The van der Waals surface area contributed by atoms with E-state index in [1.54, 1.807) is 43.3 Å². The van der Waals surface area contributed by atoms with Gasteiger partial charge in [0.2, 0.25) is 10.0 Å². The molecule has 2 aromatic carbocycles. The second-order valence-electron chi connectivity index (χ2n) is 6.18. The van der Waals surface area contributed by atoms with E-state index in [2.05, 4.69) is 4.72 Å². The van der Waals surface area contributed by atoms with Crippen molar-refractivity contribution in [2.24, 2.45) is 0 Å². The van der Waals surface area contributed by atoms with Gasteiger partial charge in [-0.2, -0.15) is 0 Å². The number of benzene rings is 2. The summed E-state index contributed by atoms with van der Waals surface area (Å²) < 4.78 is 59.1. The zero-order valence-corrected chi connectivity index (χ0v) is 16.8. The molecule has 27 heavy (non-hydrogen) atoms. The summed E-state index contributed by atoms with van der Waals surface area (Å²) in [7, 11) is -5.78. The Bertz CT molecular complexity index is 1050. The number of hydrogen-bond donors (Lipinski definition) is 1. The fourth-order valence-electron chi connectivity index (χ4n) is 3.12. The molecule has 0 bridgehead atoms. The van der Waals surface area contributed by atoms with Crippen molar-refractivity contribution in [3.05, 3.63) is 48.0 Å². The van der Waals surface area contributed by atoms with Crippen LogP contribution in [-0.4, -0.2) is 36.2 Å². The number of fused-ring (bicyclic) bond motifs is 1. The van der Waals surface area contributed by atoms with Crippen LogP contribution in [-0.2, 0) is 26.5 Å². The number of methoxy groups -OCH3 is 1. The Morgan fingerprint density at radius 2 is 1.85 bits per heavy atom. The molecule has 0 unspecified atom stereocenters. The maximum atomic E-state index is 12.7. The highest BCUT2D eigenvalue weighted by atomic mass is 32.2. The lowest BCUT2D eigenvalue weighted by Gasteiger charge is -2.30. The van der Waals surface area contributed by atoms with Crippen molar-refractivity contribution in [2.45, 2.75) is 24.7 Å². The molecule has 0 spiro atoms. The van der Waals surface area contributed by atoms with Crippen LogP contribution in [0.15, 0.2) is 47.4 Å². The van der Waals surface area contributed by atoms with Gasteiger partial charge in [0.15, 0.2) is 0 Å². The average molecular weight is 411 g/mol. The Morgan fingerprint density at radius 1 is 1.11 bits per heavy atom. The SMILES string of the molecule is CCS(=O)(=O)N1CCCc2cc(NS(=O)(=O)c3ccccc3OC)ccc21. The van der Waals surface area contributed by atoms with E-state index in [4.69, 9.17) is 4.74 Å². The number of rotatable bonds is 6. The Hall–Kier alpha value is -2.26. The summed E-state index contributed by atoms with van der Waals surface area (Å²) in [4.78, 5) is 0.0420. The molecule has 1 heterocycles. The molecular formula is C18H22N2O5S2. The number of para-hydroxylation sites is 1. The fraction of sp³-hybridized carbons (Fsp3) is 0.333. The molecule has 7 nitrogen and oxygen atoms in total. The van der Waals surface area contributed by atoms with Crippen molar-refractivity contribution in [3.63, 3.8) is 0 Å². The minimum atomic E-state index is -3.84. The normalized spacial score (nSPS) is 14.5. The molecule has 0 aliphatic carbocycles. The maximum absolute atomic E-state index is 12.7. The quantitative estimate of drug-likeness (QED) is 0.790. The van der Waals surface area contributed by atoms with Crippen LogP contribution in [0.1, 0.15) is 18.9 Å². The molecule has 3 rings (SSSR count). The van der Waals surface area contributed by atoms with E-state index in [-0.39, 0.29) is 16.4 Å². The predicted molar refractivity (Wildman–Crippen MR) is 105 cm³/mol. The van der Waals surface area contributed by atoms with E-state index in [0.29, 0.717) is 30.8 Å². The molecule has 0 amide bonds. The molecule has 1 N–H and O–H groups in total. The zero-order chi connectivity index (χ0) is 19.7. The van der Waals surface area contributed by atoms with Crippen molar-refractivity contribution in [2.75, 3.05) is 28.4 Å². The van der Waals surface area contributed by atoms with Gasteiger partial charge in [-0.05, 0) is 55.7 Å². The summed E-state index contributed by atoms with van der Waals surface area (Å²) in [6, 6.07) is 11.3. The first-order chi connectivity index (χ1) is 12.8. The standard InChI is InChI=1S/C18H22N2O5S2/c1-3-26(21,22)20-12-6-7-14-13-15(10-11-16(14)20)19-27(23,24)18-9-5-4-8-17(18)25-2/h4-5,8-11,13,19H,3,6-7,12H2,1-2H3. The lowest BCUT2D eigenvalue weighted by Crippen LogP contribution is -2.36. The van der Waals surface area contributed by atoms with E-state index in [1.165, 1.54) is 17.5 Å². The van der Waals surface area contributed by atoms with E-state index < -0.39 is 20.0 Å². The van der Waals surface area contributed by atoms with Gasteiger partial charge in [-0.1, -0.05) is 12.1 Å². The van der Waals surface area contributed by atoms with Crippen LogP contribution in [0.5, 0.6) is 5.75 Å². The molecule has 1 aliphatic heterocycles. The maximum Gasteiger partial charge on any atom is 0.265 e. The second kappa shape index (κ2) is 7.40. The second-order valence-corrected chi connectivity index (χ2v) is 10.0. The predicted octanol–water partition coefficient (Wildman–Crippen LogP) is 2.60. The van der Waals surface area contributed by atoms with Crippen molar-refractivity contribution in [1.82, 2.24) is 0 Å². The monoisotopic (exact) mass is 410 g/mol. The van der Waals surface area contributed by atoms with E-state index in [9.17, 15) is 16.8 Å². The molecule has 146 valence electrons. The Kier molecular flexibility index (Phi) is 5.34. The summed E-state index contributed by atoms with van der Waals surface area (Å²) in [6.07, 6.45) is 1.38. The Labute approximate surface area is 160 Å². The number of sulfonamides is 2. The fourth-order valence-corrected chi connectivity index (χ4v) is 5.54. The first-order valence-electron chi connectivity index (χ1n) is 8.57. The number of hydrogen-bond acceptors (Lipinski definition) is 5. The first-order valence-corrected chi connectivity index (χ1v) is 11.7. The average Bonchev–Trinajstić information content (AvgIpc) is 2.67. The summed E-state index contributed by atoms with van der Waals surface area (Å²) in [5.41, 5.74) is 1.80. The van der Waals surface area contributed by atoms with Gasteiger partial charge in [0.25, 0.3) is 10.0 Å². The van der Waals surface area contributed by atoms with Gasteiger partial charge in [0.05, 0.1) is 18.6 Å². The lowest BCUT2D eigenvalue weighted by atomic mass is 10.0. The summed E-state index contributed by atoms with van der Waals surface area (Å²) in [5, 5.41) is 0. The molecule has 0 saturated heterocycles. The summed E-state index contributed by atoms with van der Waals surface area (Å²) >= 11 is 0. The molecule has 0 fully saturated rings. The van der Waals surface area contributed by atoms with Gasteiger partial charge < -0.3 is 4.74 Å². The largest absolute Gasteiger partial charge is 0.495 e. The number of nitrogens with one attached hydrogen (secondary N) is 1. The van der Waals surface area contributed by atoms with Crippen molar-refractivity contribution in [3.8, 4) is 5.75 Å². The van der Waals surface area contributed by atoms with Gasteiger partial charge in [0.1, 0.15) is 10.6 Å². The van der Waals surface area contributed by atoms with Crippen LogP contribution >= 0.6 is 0 Å². The van der Waals surface area contributed by atoms with E-state index in [0.717, 1.165) is 5.56 Å². The molecule has 0 radical (unpaired) electrons. The van der Waals surface area contributed by atoms with E-state index >= 15 is 0 Å². The summed E-state index contributed by atoms with van der Waals surface area (Å²) in [6.45, 7) is 2.05. The Morgan fingerprint density at radius 3 is 2.56 bits per heavy atom. The van der Waals surface area contributed by atoms with Crippen LogP contribution in [0, 0.1) is 0 Å². The number of nitrogens with zero attached hydrogens (tertiary/aromatic N) is 1. The van der Waals surface area contributed by atoms with Crippen LogP contribution in [0.3, 0.4) is 0 Å². The molecule has 9 heteroatoms. The van der Waals surface area contributed by atoms with Crippen LogP contribution < -0.4 is 13.8 Å². The minimum absolute atomic E-state index is 0.0224. The third kappa shape index (κ3) is 3.89. The molecule has 0 saturated carbocycles. The Balaban J connectivity index is 1.94. The van der Waals surface area contributed by atoms with Crippen LogP contribution in [0.25, 0.3) is 0 Å². The third-order valence-corrected chi connectivity index (χ3v) is 7.67. The topological polar surface area (TPSA) is 92.8 Å². The lowest BCUT2D eigenvalue weighted by molar-refractivity contribution is 0.403. The van der Waals surface area contributed by atoms with Gasteiger partial charge in [0, 0.05) is 12.2 Å². The van der Waals surface area contributed by atoms with Gasteiger partial charge in [-0.15, -0.1) is 0 Å². The van der Waals surface area contributed by atoms with Crippen LogP contribution in [0.4, 0.5) is 11.4 Å².